The lowest BCUT2D eigenvalue weighted by atomic mass is 10.1. The van der Waals surface area contributed by atoms with Crippen molar-refractivity contribution in [2.75, 3.05) is 10.6 Å². The summed E-state index contributed by atoms with van der Waals surface area (Å²) in [5.74, 6) is -0.798. The number of carbonyl (C=O) groups is 3. The van der Waals surface area contributed by atoms with Crippen LogP contribution in [-0.2, 0) is 9.59 Å². The van der Waals surface area contributed by atoms with Gasteiger partial charge in [-0.15, -0.1) is 0 Å². The van der Waals surface area contributed by atoms with Crippen molar-refractivity contribution in [2.24, 2.45) is 0 Å². The largest absolute Gasteiger partial charge is 0.468 e. The summed E-state index contributed by atoms with van der Waals surface area (Å²) < 4.78 is 5.52. The number of ether oxygens (including phenoxy) is 1. The van der Waals surface area contributed by atoms with Crippen LogP contribution < -0.4 is 15.4 Å². The smallest absolute Gasteiger partial charge is 0.275 e. The summed E-state index contributed by atoms with van der Waals surface area (Å²) in [4.78, 5) is 35.9. The van der Waals surface area contributed by atoms with Gasteiger partial charge in [0.15, 0.2) is 5.78 Å². The number of ketones is 1. The standard InChI is InChI=1S/C18H16N2O4/c1-10-6-7-15-14(8-10)20-18(23)16(24-15)17(22)19-13-5-3-4-12(9-13)11(2)21/h3-9,16H,1-2H3,(H,19,22)(H,20,23)/t16-/m0/s1. The summed E-state index contributed by atoms with van der Waals surface area (Å²) in [6, 6.07) is 11.8. The molecule has 2 amide bonds. The zero-order chi connectivity index (χ0) is 17.3. The molecular weight excluding hydrogens is 308 g/mol. The normalized spacial score (nSPS) is 15.8. The molecule has 3 rings (SSSR count). The second kappa shape index (κ2) is 6.16. The molecule has 24 heavy (non-hydrogen) atoms. The van der Waals surface area contributed by atoms with Gasteiger partial charge < -0.3 is 15.4 Å². The maximum atomic E-state index is 12.4. The van der Waals surface area contributed by atoms with Gasteiger partial charge in [0, 0.05) is 11.3 Å². The Bertz CT molecular complexity index is 845. The third kappa shape index (κ3) is 3.12. The Morgan fingerprint density at radius 1 is 1.17 bits per heavy atom. The second-order valence-electron chi connectivity index (χ2n) is 5.61. The van der Waals surface area contributed by atoms with Crippen LogP contribution in [0.2, 0.25) is 0 Å². The highest BCUT2D eigenvalue weighted by molar-refractivity contribution is 6.15. The lowest BCUT2D eigenvalue weighted by Gasteiger charge is -2.25. The minimum Gasteiger partial charge on any atom is -0.468 e. The van der Waals surface area contributed by atoms with Gasteiger partial charge in [-0.3, -0.25) is 14.4 Å². The third-order valence-corrected chi connectivity index (χ3v) is 3.65. The fourth-order valence-electron chi connectivity index (χ4n) is 2.42. The van der Waals surface area contributed by atoms with Crippen molar-refractivity contribution in [2.45, 2.75) is 20.0 Å². The van der Waals surface area contributed by atoms with Crippen LogP contribution in [0, 0.1) is 6.92 Å². The maximum Gasteiger partial charge on any atom is 0.275 e. The Balaban J connectivity index is 1.78. The molecule has 2 aromatic rings. The van der Waals surface area contributed by atoms with Crippen LogP contribution in [0.3, 0.4) is 0 Å². The zero-order valence-corrected chi connectivity index (χ0v) is 13.3. The summed E-state index contributed by atoms with van der Waals surface area (Å²) in [6.45, 7) is 3.34. The average Bonchev–Trinajstić information content (AvgIpc) is 2.54. The van der Waals surface area contributed by atoms with E-state index in [1.165, 1.54) is 6.92 Å². The predicted molar refractivity (Wildman–Crippen MR) is 89.3 cm³/mol. The Labute approximate surface area is 138 Å². The number of aryl methyl sites for hydroxylation is 1. The predicted octanol–water partition coefficient (Wildman–Crippen LogP) is 2.54. The van der Waals surface area contributed by atoms with Crippen molar-refractivity contribution in [3.8, 4) is 5.75 Å². The summed E-state index contributed by atoms with van der Waals surface area (Å²) in [6.07, 6.45) is -1.29. The second-order valence-corrected chi connectivity index (χ2v) is 5.61. The number of carbonyl (C=O) groups excluding carboxylic acids is 3. The molecule has 0 bridgehead atoms. The van der Waals surface area contributed by atoms with Crippen molar-refractivity contribution < 1.29 is 19.1 Å². The molecule has 0 aliphatic carbocycles. The van der Waals surface area contributed by atoms with Crippen molar-refractivity contribution in [3.05, 3.63) is 53.6 Å². The lowest BCUT2D eigenvalue weighted by Crippen LogP contribution is -2.45. The maximum absolute atomic E-state index is 12.4. The Morgan fingerprint density at radius 3 is 2.71 bits per heavy atom. The summed E-state index contributed by atoms with van der Waals surface area (Å²) >= 11 is 0. The first kappa shape index (κ1) is 15.7. The first-order valence-electron chi connectivity index (χ1n) is 7.44. The molecular formula is C18H16N2O4. The highest BCUT2D eigenvalue weighted by atomic mass is 16.5. The van der Waals surface area contributed by atoms with E-state index in [1.807, 2.05) is 13.0 Å². The van der Waals surface area contributed by atoms with E-state index in [0.717, 1.165) is 5.56 Å². The molecule has 1 aliphatic heterocycles. The number of benzene rings is 2. The number of hydrogen-bond donors (Lipinski definition) is 2. The molecule has 0 unspecified atom stereocenters. The Hall–Kier alpha value is -3.15. The van der Waals surface area contributed by atoms with Crippen LogP contribution in [0.15, 0.2) is 42.5 Å². The number of anilines is 2. The molecule has 2 N–H and O–H groups in total. The van der Waals surface area contributed by atoms with Gasteiger partial charge in [0.05, 0.1) is 5.69 Å². The molecule has 0 aromatic heterocycles. The summed E-state index contributed by atoms with van der Waals surface area (Å²) in [5, 5.41) is 5.27. The van der Waals surface area contributed by atoms with Gasteiger partial charge in [0.2, 0.25) is 0 Å². The SMILES string of the molecule is CC(=O)c1cccc(NC(=O)[C@@H]2Oc3ccc(C)cc3NC2=O)c1. The minimum absolute atomic E-state index is 0.109. The number of fused-ring (bicyclic) bond motifs is 1. The van der Waals surface area contributed by atoms with Gasteiger partial charge in [0.25, 0.3) is 17.9 Å². The van der Waals surface area contributed by atoms with E-state index in [1.54, 1.807) is 36.4 Å². The van der Waals surface area contributed by atoms with Crippen LogP contribution in [0.1, 0.15) is 22.8 Å². The van der Waals surface area contributed by atoms with Gasteiger partial charge in [-0.2, -0.15) is 0 Å². The van der Waals surface area contributed by atoms with Crippen LogP contribution in [0.25, 0.3) is 0 Å². The Kier molecular flexibility index (Phi) is 4.04. The van der Waals surface area contributed by atoms with Crippen LogP contribution in [0.5, 0.6) is 5.75 Å². The molecule has 1 atom stereocenters. The van der Waals surface area contributed by atoms with Crippen molar-refractivity contribution >= 4 is 29.0 Å². The van der Waals surface area contributed by atoms with E-state index in [4.69, 9.17) is 4.74 Å². The molecule has 0 fully saturated rings. The first-order valence-corrected chi connectivity index (χ1v) is 7.44. The van der Waals surface area contributed by atoms with Crippen LogP contribution in [0.4, 0.5) is 11.4 Å². The summed E-state index contributed by atoms with van der Waals surface area (Å²) in [5.41, 5.74) is 2.42. The minimum atomic E-state index is -1.29. The highest BCUT2D eigenvalue weighted by Crippen LogP contribution is 2.30. The lowest BCUT2D eigenvalue weighted by molar-refractivity contribution is -0.133. The monoisotopic (exact) mass is 324 g/mol. The van der Waals surface area contributed by atoms with Gasteiger partial charge in [0.1, 0.15) is 5.75 Å². The highest BCUT2D eigenvalue weighted by Gasteiger charge is 2.34. The van der Waals surface area contributed by atoms with Gasteiger partial charge >= 0.3 is 0 Å². The fourth-order valence-corrected chi connectivity index (χ4v) is 2.42. The molecule has 2 aromatic carbocycles. The van der Waals surface area contributed by atoms with E-state index >= 15 is 0 Å². The fraction of sp³-hybridized carbons (Fsp3) is 0.167. The average molecular weight is 324 g/mol. The van der Waals surface area contributed by atoms with Crippen molar-refractivity contribution in [3.63, 3.8) is 0 Å². The molecule has 6 heteroatoms. The molecule has 0 radical (unpaired) electrons. The topological polar surface area (TPSA) is 84.5 Å². The first-order chi connectivity index (χ1) is 11.4. The number of Topliss-reactive ketones (excluding diaryl/α,β-unsaturated/α-hetero) is 1. The summed E-state index contributed by atoms with van der Waals surface area (Å²) in [7, 11) is 0. The molecule has 0 saturated heterocycles. The van der Waals surface area contributed by atoms with Crippen LogP contribution >= 0.6 is 0 Å². The third-order valence-electron chi connectivity index (χ3n) is 3.65. The van der Waals surface area contributed by atoms with E-state index < -0.39 is 17.9 Å². The van der Waals surface area contributed by atoms with Crippen LogP contribution in [-0.4, -0.2) is 23.7 Å². The van der Waals surface area contributed by atoms with E-state index in [-0.39, 0.29) is 5.78 Å². The zero-order valence-electron chi connectivity index (χ0n) is 13.3. The number of rotatable bonds is 3. The molecule has 122 valence electrons. The Morgan fingerprint density at radius 2 is 1.96 bits per heavy atom. The number of nitrogens with one attached hydrogen (secondary N) is 2. The molecule has 6 nitrogen and oxygen atoms in total. The van der Waals surface area contributed by atoms with E-state index in [0.29, 0.717) is 22.7 Å². The number of hydrogen-bond acceptors (Lipinski definition) is 4. The molecule has 1 aliphatic rings. The van der Waals surface area contributed by atoms with Crippen molar-refractivity contribution in [1.29, 1.82) is 0 Å². The van der Waals surface area contributed by atoms with E-state index in [9.17, 15) is 14.4 Å². The van der Waals surface area contributed by atoms with Gasteiger partial charge in [-0.25, -0.2) is 0 Å². The number of amides is 2. The quantitative estimate of drug-likeness (QED) is 0.671. The molecule has 0 spiro atoms. The van der Waals surface area contributed by atoms with E-state index in [2.05, 4.69) is 10.6 Å². The van der Waals surface area contributed by atoms with Crippen molar-refractivity contribution in [1.82, 2.24) is 0 Å². The van der Waals surface area contributed by atoms with Gasteiger partial charge in [-0.05, 0) is 43.7 Å². The molecule has 1 heterocycles. The van der Waals surface area contributed by atoms with Gasteiger partial charge in [-0.1, -0.05) is 18.2 Å². The molecule has 0 saturated carbocycles.